The van der Waals surface area contributed by atoms with E-state index in [2.05, 4.69) is 4.72 Å². The molecule has 1 rings (SSSR count). The lowest BCUT2D eigenvalue weighted by molar-refractivity contribution is 0.216. The number of benzene rings is 1. The van der Waals surface area contributed by atoms with Crippen LogP contribution in [-0.2, 0) is 21.2 Å². The second-order valence-corrected chi connectivity index (χ2v) is 6.23. The maximum Gasteiger partial charge on any atom is 0.214 e. The van der Waals surface area contributed by atoms with Gasteiger partial charge in [0.2, 0.25) is 10.0 Å². The summed E-state index contributed by atoms with van der Waals surface area (Å²) >= 11 is 0. The van der Waals surface area contributed by atoms with Gasteiger partial charge < -0.3 is 4.74 Å². The summed E-state index contributed by atoms with van der Waals surface area (Å²) in [4.78, 5) is 0. The van der Waals surface area contributed by atoms with E-state index >= 15 is 0 Å². The van der Waals surface area contributed by atoms with Gasteiger partial charge >= 0.3 is 0 Å². The van der Waals surface area contributed by atoms with Crippen LogP contribution < -0.4 is 4.72 Å². The van der Waals surface area contributed by atoms with Crippen molar-refractivity contribution in [3.63, 3.8) is 0 Å². The number of rotatable bonds is 8. The molecule has 0 aliphatic carbocycles. The Labute approximate surface area is 109 Å². The van der Waals surface area contributed by atoms with E-state index in [-0.39, 0.29) is 18.4 Å². The van der Waals surface area contributed by atoms with Crippen LogP contribution in [0.25, 0.3) is 0 Å². The molecule has 4 nitrogen and oxygen atoms in total. The molecule has 1 N–H and O–H groups in total. The standard InChI is InChI=1S/C13H21NO3S/c1-12(14-18(15,16)11-10-17-2)8-9-13-6-4-3-5-7-13/h3-7,12,14H,8-11H2,1-2H3/t12-/m1/s1. The van der Waals surface area contributed by atoms with Crippen molar-refractivity contribution in [2.45, 2.75) is 25.8 Å². The normalized spacial score (nSPS) is 13.4. The summed E-state index contributed by atoms with van der Waals surface area (Å²) in [7, 11) is -1.73. The van der Waals surface area contributed by atoms with Gasteiger partial charge in [-0.1, -0.05) is 30.3 Å². The average Bonchev–Trinajstić information content (AvgIpc) is 2.35. The van der Waals surface area contributed by atoms with E-state index < -0.39 is 10.0 Å². The van der Waals surface area contributed by atoms with Gasteiger partial charge in [-0.15, -0.1) is 0 Å². The minimum absolute atomic E-state index is 0.0131. The molecule has 0 heterocycles. The van der Waals surface area contributed by atoms with Crippen molar-refractivity contribution < 1.29 is 13.2 Å². The van der Waals surface area contributed by atoms with Crippen LogP contribution in [0.3, 0.4) is 0 Å². The first-order chi connectivity index (χ1) is 8.53. The quantitative estimate of drug-likeness (QED) is 0.781. The fraction of sp³-hybridized carbons (Fsp3) is 0.538. The van der Waals surface area contributed by atoms with Crippen molar-refractivity contribution >= 4 is 10.0 Å². The van der Waals surface area contributed by atoms with Crippen molar-refractivity contribution in [1.82, 2.24) is 4.72 Å². The average molecular weight is 271 g/mol. The second-order valence-electron chi connectivity index (χ2n) is 4.35. The van der Waals surface area contributed by atoms with E-state index in [1.54, 1.807) is 0 Å². The molecule has 0 spiro atoms. The summed E-state index contributed by atoms with van der Waals surface area (Å²) in [5.41, 5.74) is 1.22. The van der Waals surface area contributed by atoms with E-state index in [4.69, 9.17) is 4.74 Å². The monoisotopic (exact) mass is 271 g/mol. The summed E-state index contributed by atoms with van der Waals surface area (Å²) in [6.07, 6.45) is 1.66. The molecular formula is C13H21NO3S. The van der Waals surface area contributed by atoms with E-state index in [9.17, 15) is 8.42 Å². The molecule has 0 aromatic heterocycles. The molecule has 0 fully saturated rings. The molecular weight excluding hydrogens is 250 g/mol. The Morgan fingerprint density at radius 3 is 2.56 bits per heavy atom. The highest BCUT2D eigenvalue weighted by Crippen LogP contribution is 2.05. The van der Waals surface area contributed by atoms with Gasteiger partial charge in [0.05, 0.1) is 12.4 Å². The van der Waals surface area contributed by atoms with Gasteiger partial charge in [0.15, 0.2) is 0 Å². The fourth-order valence-corrected chi connectivity index (χ4v) is 2.88. The van der Waals surface area contributed by atoms with Crippen LogP contribution in [0.15, 0.2) is 30.3 Å². The van der Waals surface area contributed by atoms with E-state index in [0.717, 1.165) is 12.8 Å². The van der Waals surface area contributed by atoms with Crippen molar-refractivity contribution in [3.05, 3.63) is 35.9 Å². The maximum atomic E-state index is 11.6. The summed E-state index contributed by atoms with van der Waals surface area (Å²) in [6, 6.07) is 9.98. The lowest BCUT2D eigenvalue weighted by Gasteiger charge is -2.14. The highest BCUT2D eigenvalue weighted by atomic mass is 32.2. The van der Waals surface area contributed by atoms with Crippen molar-refractivity contribution in [1.29, 1.82) is 0 Å². The first kappa shape index (κ1) is 15.1. The third-order valence-electron chi connectivity index (χ3n) is 2.65. The molecule has 0 radical (unpaired) electrons. The minimum atomic E-state index is -3.22. The van der Waals surface area contributed by atoms with Gasteiger partial charge in [-0.2, -0.15) is 0 Å². The number of sulfonamides is 1. The fourth-order valence-electron chi connectivity index (χ4n) is 1.65. The molecule has 102 valence electrons. The van der Waals surface area contributed by atoms with Crippen molar-refractivity contribution in [2.75, 3.05) is 19.5 Å². The molecule has 1 aromatic carbocycles. The van der Waals surface area contributed by atoms with Gasteiger partial charge in [-0.25, -0.2) is 13.1 Å². The Morgan fingerprint density at radius 2 is 1.94 bits per heavy atom. The summed E-state index contributed by atoms with van der Waals surface area (Å²) in [5, 5.41) is 0. The zero-order valence-corrected chi connectivity index (χ0v) is 11.7. The second kappa shape index (κ2) is 7.51. The molecule has 5 heteroatoms. The van der Waals surface area contributed by atoms with Crippen LogP contribution in [-0.4, -0.2) is 33.9 Å². The smallest absolute Gasteiger partial charge is 0.214 e. The van der Waals surface area contributed by atoms with Crippen LogP contribution in [0.5, 0.6) is 0 Å². The summed E-state index contributed by atoms with van der Waals surface area (Å²) in [5.74, 6) is 0.0131. The Balaban J connectivity index is 2.35. The molecule has 0 amide bonds. The maximum absolute atomic E-state index is 11.6. The first-order valence-corrected chi connectivity index (χ1v) is 7.71. The van der Waals surface area contributed by atoms with Gasteiger partial charge in [0, 0.05) is 13.2 Å². The Bertz CT molecular complexity index is 431. The highest BCUT2D eigenvalue weighted by molar-refractivity contribution is 7.89. The zero-order chi connectivity index (χ0) is 13.4. The topological polar surface area (TPSA) is 55.4 Å². The van der Waals surface area contributed by atoms with Gasteiger partial charge in [0.1, 0.15) is 0 Å². The van der Waals surface area contributed by atoms with Crippen molar-refractivity contribution in [2.24, 2.45) is 0 Å². The van der Waals surface area contributed by atoms with E-state index in [1.165, 1.54) is 12.7 Å². The third kappa shape index (κ3) is 6.14. The molecule has 0 bridgehead atoms. The number of ether oxygens (including phenoxy) is 1. The van der Waals surface area contributed by atoms with Gasteiger partial charge in [-0.3, -0.25) is 0 Å². The van der Waals surface area contributed by atoms with Crippen LogP contribution in [0.4, 0.5) is 0 Å². The molecule has 0 unspecified atom stereocenters. The number of hydrogen-bond donors (Lipinski definition) is 1. The largest absolute Gasteiger partial charge is 0.384 e. The number of aryl methyl sites for hydroxylation is 1. The Hall–Kier alpha value is -0.910. The predicted molar refractivity (Wildman–Crippen MR) is 73.0 cm³/mol. The van der Waals surface area contributed by atoms with Crippen LogP contribution in [0.2, 0.25) is 0 Å². The first-order valence-electron chi connectivity index (χ1n) is 6.06. The number of methoxy groups -OCH3 is 1. The minimum Gasteiger partial charge on any atom is -0.384 e. The van der Waals surface area contributed by atoms with Gasteiger partial charge in [-0.05, 0) is 25.3 Å². The molecule has 0 saturated heterocycles. The zero-order valence-electron chi connectivity index (χ0n) is 10.9. The predicted octanol–water partition coefficient (Wildman–Crippen LogP) is 1.57. The Morgan fingerprint density at radius 1 is 1.28 bits per heavy atom. The third-order valence-corrected chi connectivity index (χ3v) is 4.11. The van der Waals surface area contributed by atoms with Crippen LogP contribution in [0.1, 0.15) is 18.9 Å². The molecule has 0 saturated carbocycles. The molecule has 0 aliphatic rings. The Kier molecular flexibility index (Phi) is 6.32. The lowest BCUT2D eigenvalue weighted by atomic mass is 10.1. The van der Waals surface area contributed by atoms with Gasteiger partial charge in [0.25, 0.3) is 0 Å². The van der Waals surface area contributed by atoms with E-state index in [0.29, 0.717) is 0 Å². The lowest BCUT2D eigenvalue weighted by Crippen LogP contribution is -2.35. The number of hydrogen-bond acceptors (Lipinski definition) is 3. The summed E-state index contributed by atoms with van der Waals surface area (Å²) < 4.78 is 30.7. The van der Waals surface area contributed by atoms with Crippen molar-refractivity contribution in [3.8, 4) is 0 Å². The summed E-state index contributed by atoms with van der Waals surface area (Å²) in [6.45, 7) is 2.11. The molecule has 1 atom stereocenters. The SMILES string of the molecule is COCCS(=O)(=O)N[C@H](C)CCc1ccccc1. The highest BCUT2D eigenvalue weighted by Gasteiger charge is 2.13. The number of nitrogens with one attached hydrogen (secondary N) is 1. The van der Waals surface area contributed by atoms with E-state index in [1.807, 2.05) is 37.3 Å². The molecule has 18 heavy (non-hydrogen) atoms. The molecule has 1 aromatic rings. The van der Waals surface area contributed by atoms with Crippen LogP contribution in [0, 0.1) is 0 Å². The molecule has 0 aliphatic heterocycles. The van der Waals surface area contributed by atoms with Crippen LogP contribution >= 0.6 is 0 Å².